The van der Waals surface area contributed by atoms with Gasteiger partial charge in [0.2, 0.25) is 0 Å². The smallest absolute Gasteiger partial charge is 0.854 e. The zero-order valence-corrected chi connectivity index (χ0v) is 9.66. The van der Waals surface area contributed by atoms with Gasteiger partial charge in [-0.2, -0.15) is 18.2 Å². The fourth-order valence-corrected chi connectivity index (χ4v) is 1.03. The van der Waals surface area contributed by atoms with E-state index in [0.29, 0.717) is 6.61 Å². The summed E-state index contributed by atoms with van der Waals surface area (Å²) in [5.74, 6) is 0.782. The minimum absolute atomic E-state index is 0. The first-order chi connectivity index (χ1) is 6.43. The Morgan fingerprint density at radius 3 is 2.53 bits per heavy atom. The van der Waals surface area contributed by atoms with Crippen molar-refractivity contribution in [2.45, 2.75) is 19.3 Å². The van der Waals surface area contributed by atoms with Crippen LogP contribution in [0.25, 0.3) is 0 Å². The molecular weight excluding hydrogens is 178 g/mol. The molecule has 1 aromatic rings. The van der Waals surface area contributed by atoms with Crippen molar-refractivity contribution in [1.82, 2.24) is 0 Å². The second-order valence-corrected chi connectivity index (χ2v) is 2.84. The molecule has 0 amide bonds. The Bertz CT molecular complexity index is 217. The molecule has 0 aliphatic heterocycles. The SMILES string of the molecule is [Li+].[Li+].[O-]CCCCCOc1[c-]cccc1. The van der Waals surface area contributed by atoms with E-state index in [1.165, 1.54) is 0 Å². The van der Waals surface area contributed by atoms with Crippen LogP contribution in [0.2, 0.25) is 0 Å². The first kappa shape index (κ1) is 17.6. The second kappa shape index (κ2) is 12.2. The Balaban J connectivity index is 0. The number of unbranched alkanes of at least 4 members (excludes halogenated alkanes) is 2. The fraction of sp³-hybridized carbons (Fsp3) is 0.455. The molecule has 0 heterocycles. The normalized spacial score (nSPS) is 8.60. The largest absolute Gasteiger partial charge is 1.00 e. The van der Waals surface area contributed by atoms with Gasteiger partial charge in [0.1, 0.15) is 0 Å². The maximum Gasteiger partial charge on any atom is 1.00 e. The van der Waals surface area contributed by atoms with E-state index in [1.54, 1.807) is 0 Å². The molecule has 0 unspecified atom stereocenters. The van der Waals surface area contributed by atoms with E-state index in [0.717, 1.165) is 25.0 Å². The number of rotatable bonds is 6. The molecule has 0 saturated carbocycles. The summed E-state index contributed by atoms with van der Waals surface area (Å²) in [6.45, 7) is 0.706. The van der Waals surface area contributed by atoms with Gasteiger partial charge in [-0.1, -0.05) is 12.8 Å². The van der Waals surface area contributed by atoms with Crippen LogP contribution in [0, 0.1) is 6.07 Å². The van der Waals surface area contributed by atoms with Crippen molar-refractivity contribution in [1.29, 1.82) is 0 Å². The molecule has 0 aliphatic rings. The molecule has 4 heteroatoms. The van der Waals surface area contributed by atoms with Crippen molar-refractivity contribution in [2.75, 3.05) is 13.2 Å². The van der Waals surface area contributed by atoms with E-state index in [-0.39, 0.29) is 44.3 Å². The minimum atomic E-state index is 0. The summed E-state index contributed by atoms with van der Waals surface area (Å²) in [6, 6.07) is 10.5. The molecule has 1 rings (SSSR count). The summed E-state index contributed by atoms with van der Waals surface area (Å²) >= 11 is 0. The summed E-state index contributed by atoms with van der Waals surface area (Å²) in [5.41, 5.74) is 0. The maximum absolute atomic E-state index is 10.1. The van der Waals surface area contributed by atoms with E-state index < -0.39 is 0 Å². The van der Waals surface area contributed by atoms with Crippen molar-refractivity contribution >= 4 is 0 Å². The average molecular weight is 192 g/mol. The van der Waals surface area contributed by atoms with E-state index in [1.807, 2.05) is 24.3 Å². The molecule has 0 spiro atoms. The molecule has 15 heavy (non-hydrogen) atoms. The summed E-state index contributed by atoms with van der Waals surface area (Å²) in [6.07, 6.45) is 2.66. The third-order valence-corrected chi connectivity index (χ3v) is 1.73. The van der Waals surface area contributed by atoms with Crippen LogP contribution >= 0.6 is 0 Å². The molecule has 2 nitrogen and oxygen atoms in total. The van der Waals surface area contributed by atoms with Crippen LogP contribution in [0.1, 0.15) is 19.3 Å². The zero-order valence-electron chi connectivity index (χ0n) is 9.66. The summed E-state index contributed by atoms with van der Waals surface area (Å²) in [7, 11) is 0. The van der Waals surface area contributed by atoms with Gasteiger partial charge in [0.05, 0.1) is 6.61 Å². The van der Waals surface area contributed by atoms with E-state index in [9.17, 15) is 5.11 Å². The molecule has 0 fully saturated rings. The standard InChI is InChI=1S/C11H14O2.2Li/c12-9-5-2-6-10-13-11-7-3-1-4-8-11;;/h1,3-4,7H,2,5-6,9-10H2;;/q-2;2*+1. The molecule has 0 aromatic heterocycles. The van der Waals surface area contributed by atoms with Crippen LogP contribution in [0.3, 0.4) is 0 Å². The average Bonchev–Trinajstić information content (AvgIpc) is 2.19. The zero-order chi connectivity index (χ0) is 9.36. The third-order valence-electron chi connectivity index (χ3n) is 1.73. The molecule has 0 N–H and O–H groups in total. The van der Waals surface area contributed by atoms with Gasteiger partial charge in [-0.05, 0) is 6.42 Å². The van der Waals surface area contributed by atoms with Crippen molar-refractivity contribution < 1.29 is 47.6 Å². The predicted molar refractivity (Wildman–Crippen MR) is 49.5 cm³/mol. The van der Waals surface area contributed by atoms with Gasteiger partial charge < -0.3 is 9.84 Å². The Morgan fingerprint density at radius 2 is 1.93 bits per heavy atom. The van der Waals surface area contributed by atoms with E-state index in [4.69, 9.17) is 4.74 Å². The molecule has 0 saturated heterocycles. The van der Waals surface area contributed by atoms with Crippen molar-refractivity contribution in [3.63, 3.8) is 0 Å². The second-order valence-electron chi connectivity index (χ2n) is 2.84. The van der Waals surface area contributed by atoms with Crippen LogP contribution in [0.4, 0.5) is 0 Å². The van der Waals surface area contributed by atoms with Crippen LogP contribution in [-0.2, 0) is 0 Å². The Labute approximate surface area is 116 Å². The van der Waals surface area contributed by atoms with Crippen LogP contribution < -0.4 is 47.6 Å². The molecule has 0 atom stereocenters. The number of hydrogen-bond acceptors (Lipinski definition) is 2. The Morgan fingerprint density at radius 1 is 1.13 bits per heavy atom. The number of hydrogen-bond donors (Lipinski definition) is 0. The Hall–Kier alpha value is 0.175. The third kappa shape index (κ3) is 9.12. The van der Waals surface area contributed by atoms with E-state index in [2.05, 4.69) is 6.07 Å². The molecule has 0 bridgehead atoms. The first-order valence-electron chi connectivity index (χ1n) is 4.61. The monoisotopic (exact) mass is 192 g/mol. The van der Waals surface area contributed by atoms with Gasteiger partial charge in [0.25, 0.3) is 0 Å². The van der Waals surface area contributed by atoms with Gasteiger partial charge in [0, 0.05) is 5.75 Å². The molecule has 0 aliphatic carbocycles. The van der Waals surface area contributed by atoms with Gasteiger partial charge in [0.15, 0.2) is 0 Å². The maximum atomic E-state index is 10.1. The van der Waals surface area contributed by atoms with Gasteiger partial charge in [-0.15, -0.1) is 18.7 Å². The topological polar surface area (TPSA) is 32.3 Å². The summed E-state index contributed by atoms with van der Waals surface area (Å²) < 4.78 is 5.39. The van der Waals surface area contributed by atoms with Crippen LogP contribution in [-0.4, -0.2) is 13.2 Å². The Kier molecular flexibility index (Phi) is 14.3. The van der Waals surface area contributed by atoms with E-state index >= 15 is 0 Å². The fourth-order valence-electron chi connectivity index (χ4n) is 1.03. The van der Waals surface area contributed by atoms with Crippen molar-refractivity contribution in [2.24, 2.45) is 0 Å². The quantitative estimate of drug-likeness (QED) is 0.258. The predicted octanol–water partition coefficient (Wildman–Crippen LogP) is -4.60. The number of benzene rings is 1. The van der Waals surface area contributed by atoms with Gasteiger partial charge >= 0.3 is 37.7 Å². The molecule has 72 valence electrons. The summed E-state index contributed by atoms with van der Waals surface area (Å²) in [5, 5.41) is 10.1. The van der Waals surface area contributed by atoms with Gasteiger partial charge in [-0.3, -0.25) is 0 Å². The van der Waals surface area contributed by atoms with Crippen molar-refractivity contribution in [3.05, 3.63) is 30.3 Å². The minimum Gasteiger partial charge on any atom is -0.854 e. The summed E-state index contributed by atoms with van der Waals surface area (Å²) in [4.78, 5) is 0. The molecule has 1 aromatic carbocycles. The van der Waals surface area contributed by atoms with Crippen LogP contribution in [0.5, 0.6) is 5.75 Å². The van der Waals surface area contributed by atoms with Crippen LogP contribution in [0.15, 0.2) is 24.3 Å². The first-order valence-corrected chi connectivity index (χ1v) is 4.61. The molecule has 0 radical (unpaired) electrons. The number of para-hydroxylation sites is 1. The number of ether oxygens (including phenoxy) is 1. The van der Waals surface area contributed by atoms with Gasteiger partial charge in [-0.25, -0.2) is 0 Å². The molecular formula is C11H14Li2O2. The van der Waals surface area contributed by atoms with Crippen molar-refractivity contribution in [3.8, 4) is 5.75 Å².